The molecule has 1 amide bonds. The summed E-state index contributed by atoms with van der Waals surface area (Å²) in [5.74, 6) is 0.763. The van der Waals surface area contributed by atoms with Crippen molar-refractivity contribution in [1.82, 2.24) is 14.8 Å². The molecule has 0 atom stereocenters. The molecule has 0 saturated carbocycles. The first-order valence-corrected chi connectivity index (χ1v) is 12.4. The van der Waals surface area contributed by atoms with Gasteiger partial charge in [0.1, 0.15) is 0 Å². The van der Waals surface area contributed by atoms with Crippen molar-refractivity contribution in [2.75, 3.05) is 11.1 Å². The van der Waals surface area contributed by atoms with Crippen LogP contribution in [-0.4, -0.2) is 26.4 Å². The van der Waals surface area contributed by atoms with Gasteiger partial charge in [0.05, 0.1) is 5.75 Å². The third-order valence-electron chi connectivity index (χ3n) is 5.37. The van der Waals surface area contributed by atoms with Crippen molar-refractivity contribution in [2.45, 2.75) is 5.16 Å². The zero-order valence-corrected chi connectivity index (χ0v) is 20.2. The number of nitrogens with one attached hydrogen (secondary N) is 1. The molecule has 1 heterocycles. The monoisotopic (exact) mass is 496 g/mol. The molecule has 4 aromatic carbocycles. The summed E-state index contributed by atoms with van der Waals surface area (Å²) in [5, 5.41) is 13.1. The van der Waals surface area contributed by atoms with Crippen molar-refractivity contribution >= 4 is 35.0 Å². The summed E-state index contributed by atoms with van der Waals surface area (Å²) in [7, 11) is 0. The minimum atomic E-state index is -0.120. The molecule has 0 aliphatic carbocycles. The summed E-state index contributed by atoms with van der Waals surface area (Å²) < 4.78 is 1.95. The Labute approximate surface area is 212 Å². The van der Waals surface area contributed by atoms with Crippen molar-refractivity contribution in [2.24, 2.45) is 0 Å². The number of hydrogen-bond acceptors (Lipinski definition) is 4. The van der Waals surface area contributed by atoms with E-state index in [0.29, 0.717) is 16.0 Å². The largest absolute Gasteiger partial charge is 0.325 e. The molecule has 0 aliphatic heterocycles. The van der Waals surface area contributed by atoms with E-state index in [1.165, 1.54) is 11.8 Å². The van der Waals surface area contributed by atoms with Gasteiger partial charge in [0, 0.05) is 27.5 Å². The number of halogens is 1. The molecule has 7 heteroatoms. The van der Waals surface area contributed by atoms with Crippen LogP contribution in [0.1, 0.15) is 0 Å². The molecule has 0 unspecified atom stereocenters. The van der Waals surface area contributed by atoms with Gasteiger partial charge in [-0.3, -0.25) is 9.36 Å². The van der Waals surface area contributed by atoms with Crippen LogP contribution < -0.4 is 5.32 Å². The Hall–Kier alpha value is -3.87. The van der Waals surface area contributed by atoms with E-state index in [-0.39, 0.29) is 11.7 Å². The summed E-state index contributed by atoms with van der Waals surface area (Å²) in [6, 6.07) is 35.1. The number of carbonyl (C=O) groups is 1. The summed E-state index contributed by atoms with van der Waals surface area (Å²) in [5.41, 5.74) is 4.60. The maximum atomic E-state index is 12.9. The van der Waals surface area contributed by atoms with Crippen molar-refractivity contribution in [1.29, 1.82) is 0 Å². The normalized spacial score (nSPS) is 10.8. The van der Waals surface area contributed by atoms with Gasteiger partial charge in [0.2, 0.25) is 5.91 Å². The molecule has 172 valence electrons. The maximum absolute atomic E-state index is 12.9. The third kappa shape index (κ3) is 5.29. The fourth-order valence-electron chi connectivity index (χ4n) is 3.74. The number of aromatic nitrogens is 3. The molecular formula is C28H21ClN4OS. The van der Waals surface area contributed by atoms with Crippen LogP contribution >= 0.6 is 23.4 Å². The van der Waals surface area contributed by atoms with E-state index in [1.807, 2.05) is 114 Å². The smallest absolute Gasteiger partial charge is 0.234 e. The first-order valence-electron chi connectivity index (χ1n) is 11.0. The zero-order chi connectivity index (χ0) is 24.0. The summed E-state index contributed by atoms with van der Waals surface area (Å²) in [6.45, 7) is 0. The first-order chi connectivity index (χ1) is 17.2. The highest BCUT2D eigenvalue weighted by Crippen LogP contribution is 2.30. The summed E-state index contributed by atoms with van der Waals surface area (Å²) in [6.07, 6.45) is 0. The number of thioether (sulfide) groups is 1. The van der Waals surface area contributed by atoms with Gasteiger partial charge >= 0.3 is 0 Å². The average molecular weight is 497 g/mol. The maximum Gasteiger partial charge on any atom is 0.234 e. The van der Waals surface area contributed by atoms with E-state index < -0.39 is 0 Å². The lowest BCUT2D eigenvalue weighted by molar-refractivity contribution is -0.113. The Kier molecular flexibility index (Phi) is 6.93. The number of anilines is 1. The van der Waals surface area contributed by atoms with Crippen molar-refractivity contribution in [3.63, 3.8) is 0 Å². The fourth-order valence-corrected chi connectivity index (χ4v) is 4.62. The summed E-state index contributed by atoms with van der Waals surface area (Å²) in [4.78, 5) is 12.9. The second kappa shape index (κ2) is 10.6. The average Bonchev–Trinajstić information content (AvgIpc) is 3.33. The molecule has 1 aromatic heterocycles. The van der Waals surface area contributed by atoms with Crippen LogP contribution in [-0.2, 0) is 4.79 Å². The van der Waals surface area contributed by atoms with Crippen LogP contribution in [0, 0.1) is 0 Å². The molecule has 5 rings (SSSR count). The molecule has 1 N–H and O–H groups in total. The molecule has 35 heavy (non-hydrogen) atoms. The predicted molar refractivity (Wildman–Crippen MR) is 143 cm³/mol. The third-order valence-corrected chi connectivity index (χ3v) is 6.55. The Morgan fingerprint density at radius 3 is 2.11 bits per heavy atom. The van der Waals surface area contributed by atoms with Gasteiger partial charge in [-0.1, -0.05) is 102 Å². The molecule has 0 fully saturated rings. The second-order valence-corrected chi connectivity index (χ2v) is 9.11. The van der Waals surface area contributed by atoms with E-state index in [9.17, 15) is 4.79 Å². The van der Waals surface area contributed by atoms with Crippen molar-refractivity contribution in [3.8, 4) is 28.2 Å². The van der Waals surface area contributed by atoms with Crippen molar-refractivity contribution in [3.05, 3.63) is 114 Å². The van der Waals surface area contributed by atoms with Gasteiger partial charge < -0.3 is 5.32 Å². The summed E-state index contributed by atoms with van der Waals surface area (Å²) >= 11 is 7.44. The molecule has 0 radical (unpaired) electrons. The van der Waals surface area contributed by atoms with Crippen molar-refractivity contribution < 1.29 is 4.79 Å². The van der Waals surface area contributed by atoms with Gasteiger partial charge in [-0.05, 0) is 35.9 Å². The molecule has 0 aliphatic rings. The molecular weight excluding hydrogens is 476 g/mol. The van der Waals surface area contributed by atoms with Gasteiger partial charge in [-0.25, -0.2) is 0 Å². The molecule has 0 bridgehead atoms. The van der Waals surface area contributed by atoms with Gasteiger partial charge in [0.25, 0.3) is 0 Å². The number of amides is 1. The Bertz CT molecular complexity index is 1440. The zero-order valence-electron chi connectivity index (χ0n) is 18.6. The van der Waals surface area contributed by atoms with E-state index in [0.717, 1.165) is 28.1 Å². The minimum absolute atomic E-state index is 0.120. The van der Waals surface area contributed by atoms with Gasteiger partial charge in [-0.15, -0.1) is 10.2 Å². The Morgan fingerprint density at radius 2 is 1.40 bits per heavy atom. The Morgan fingerprint density at radius 1 is 0.771 bits per heavy atom. The molecule has 5 aromatic rings. The molecule has 0 spiro atoms. The van der Waals surface area contributed by atoms with Gasteiger partial charge in [-0.2, -0.15) is 0 Å². The second-order valence-electron chi connectivity index (χ2n) is 7.73. The van der Waals surface area contributed by atoms with Crippen LogP contribution in [0.15, 0.2) is 114 Å². The number of carbonyl (C=O) groups excluding carboxylic acids is 1. The lowest BCUT2D eigenvalue weighted by Crippen LogP contribution is -2.15. The number of nitrogens with zero attached hydrogens (tertiary/aromatic N) is 3. The molecule has 5 nitrogen and oxygen atoms in total. The lowest BCUT2D eigenvalue weighted by Gasteiger charge is -2.12. The predicted octanol–water partition coefficient (Wildman–Crippen LogP) is 6.99. The van der Waals surface area contributed by atoms with Crippen LogP contribution in [0.2, 0.25) is 5.02 Å². The van der Waals surface area contributed by atoms with E-state index in [4.69, 9.17) is 11.6 Å². The highest BCUT2D eigenvalue weighted by atomic mass is 35.5. The number of para-hydroxylation sites is 1. The standard InChI is InChI=1S/C28H21ClN4OS/c29-22-15-17-23(18-16-22)33-27(21-11-5-2-6-12-21)31-32-28(33)35-19-26(34)30-25-14-8-7-13-24(25)20-9-3-1-4-10-20/h1-18H,19H2,(H,30,34). The highest BCUT2D eigenvalue weighted by molar-refractivity contribution is 7.99. The first kappa shape index (κ1) is 22.9. The number of rotatable bonds is 7. The number of hydrogen-bond donors (Lipinski definition) is 1. The van der Waals surface area contributed by atoms with Crippen LogP contribution in [0.3, 0.4) is 0 Å². The minimum Gasteiger partial charge on any atom is -0.325 e. The molecule has 0 saturated heterocycles. The van der Waals surface area contributed by atoms with E-state index in [1.54, 1.807) is 0 Å². The van der Waals surface area contributed by atoms with Crippen LogP contribution in [0.5, 0.6) is 0 Å². The fraction of sp³-hybridized carbons (Fsp3) is 0.0357. The SMILES string of the molecule is O=C(CSc1nnc(-c2ccccc2)n1-c1ccc(Cl)cc1)Nc1ccccc1-c1ccccc1. The Balaban J connectivity index is 1.38. The van der Waals surface area contributed by atoms with Gasteiger partial charge in [0.15, 0.2) is 11.0 Å². The van der Waals surface area contributed by atoms with E-state index >= 15 is 0 Å². The van der Waals surface area contributed by atoms with Crippen LogP contribution in [0.4, 0.5) is 5.69 Å². The topological polar surface area (TPSA) is 59.8 Å². The lowest BCUT2D eigenvalue weighted by atomic mass is 10.0. The van der Waals surface area contributed by atoms with E-state index in [2.05, 4.69) is 15.5 Å². The van der Waals surface area contributed by atoms with Crippen LogP contribution in [0.25, 0.3) is 28.2 Å². The number of benzene rings is 4. The quantitative estimate of drug-likeness (QED) is 0.247. The highest BCUT2D eigenvalue weighted by Gasteiger charge is 2.18.